The summed E-state index contributed by atoms with van der Waals surface area (Å²) in [6, 6.07) is 1.75. The van der Waals surface area contributed by atoms with E-state index in [0.29, 0.717) is 19.0 Å². The van der Waals surface area contributed by atoms with Crippen LogP contribution in [-0.4, -0.2) is 42.5 Å². The average molecular weight is 316 g/mol. The molecular formula is C13H18BrNO3. The highest BCUT2D eigenvalue weighted by molar-refractivity contribution is 9.10. The molecular weight excluding hydrogens is 298 g/mol. The lowest BCUT2D eigenvalue weighted by molar-refractivity contribution is -0.0116. The van der Waals surface area contributed by atoms with Crippen LogP contribution in [0.2, 0.25) is 0 Å². The molecule has 1 aromatic heterocycles. The van der Waals surface area contributed by atoms with Crippen molar-refractivity contribution in [3.8, 4) is 0 Å². The summed E-state index contributed by atoms with van der Waals surface area (Å²) in [5.41, 5.74) is -0.524. The van der Waals surface area contributed by atoms with E-state index in [1.807, 2.05) is 13.8 Å². The Labute approximate surface area is 115 Å². The lowest BCUT2D eigenvalue weighted by Gasteiger charge is -2.41. The van der Waals surface area contributed by atoms with Crippen LogP contribution in [0.4, 0.5) is 0 Å². The molecule has 1 aliphatic heterocycles. The van der Waals surface area contributed by atoms with Crippen molar-refractivity contribution in [2.24, 2.45) is 0 Å². The van der Waals surface area contributed by atoms with Crippen LogP contribution in [-0.2, 0) is 4.74 Å². The number of hydrogen-bond donors (Lipinski definition) is 0. The van der Waals surface area contributed by atoms with Gasteiger partial charge in [0.05, 0.1) is 29.5 Å². The summed E-state index contributed by atoms with van der Waals surface area (Å²) >= 11 is 3.35. The lowest BCUT2D eigenvalue weighted by Crippen LogP contribution is -2.56. The summed E-state index contributed by atoms with van der Waals surface area (Å²) in [5.74, 6) is 0.439. The van der Waals surface area contributed by atoms with Crippen LogP contribution < -0.4 is 0 Å². The number of hydrogen-bond acceptors (Lipinski definition) is 4. The van der Waals surface area contributed by atoms with Gasteiger partial charge in [0.2, 0.25) is 5.78 Å². The van der Waals surface area contributed by atoms with Crippen molar-refractivity contribution < 1.29 is 13.9 Å². The summed E-state index contributed by atoms with van der Waals surface area (Å²) in [6.45, 7) is 6.95. The molecule has 2 rings (SSSR count). The van der Waals surface area contributed by atoms with E-state index in [2.05, 4.69) is 20.8 Å². The van der Waals surface area contributed by atoms with Crippen molar-refractivity contribution in [1.82, 2.24) is 4.90 Å². The Bertz CT molecular complexity index is 426. The molecule has 0 N–H and O–H groups in total. The third-order valence-electron chi connectivity index (χ3n) is 3.71. The third kappa shape index (κ3) is 2.39. The molecule has 0 aromatic carbocycles. The van der Waals surface area contributed by atoms with E-state index in [9.17, 15) is 4.79 Å². The van der Waals surface area contributed by atoms with Gasteiger partial charge in [-0.2, -0.15) is 0 Å². The number of carbonyl (C=O) groups excluding carboxylic acids is 1. The zero-order chi connectivity index (χ0) is 13.2. The predicted molar refractivity (Wildman–Crippen MR) is 71.8 cm³/mol. The van der Waals surface area contributed by atoms with E-state index >= 15 is 0 Å². The minimum atomic E-state index is -0.524. The number of nitrogens with zero attached hydrogens (tertiary/aromatic N) is 1. The Morgan fingerprint density at radius 2 is 2.17 bits per heavy atom. The molecule has 0 radical (unpaired) electrons. The van der Waals surface area contributed by atoms with Crippen LogP contribution in [0.15, 0.2) is 21.2 Å². The number of carbonyl (C=O) groups is 1. The zero-order valence-electron chi connectivity index (χ0n) is 10.7. The van der Waals surface area contributed by atoms with Crippen molar-refractivity contribution in [2.75, 3.05) is 26.3 Å². The number of halogens is 1. The summed E-state index contributed by atoms with van der Waals surface area (Å²) in [6.07, 6.45) is 2.28. The molecule has 0 bridgehead atoms. The fraction of sp³-hybridized carbons (Fsp3) is 0.615. The molecule has 0 aliphatic carbocycles. The van der Waals surface area contributed by atoms with Gasteiger partial charge < -0.3 is 9.15 Å². The zero-order valence-corrected chi connectivity index (χ0v) is 12.3. The molecule has 2 heterocycles. The number of furan rings is 1. The highest BCUT2D eigenvalue weighted by Gasteiger charge is 2.41. The van der Waals surface area contributed by atoms with E-state index in [1.54, 1.807) is 6.07 Å². The van der Waals surface area contributed by atoms with Gasteiger partial charge in [0.25, 0.3) is 0 Å². The van der Waals surface area contributed by atoms with E-state index in [1.165, 1.54) is 6.26 Å². The summed E-state index contributed by atoms with van der Waals surface area (Å²) in [5, 5.41) is 0. The molecule has 1 fully saturated rings. The minimum absolute atomic E-state index is 0.0313. The van der Waals surface area contributed by atoms with Gasteiger partial charge in [0.1, 0.15) is 0 Å². The Morgan fingerprint density at radius 3 is 2.67 bits per heavy atom. The summed E-state index contributed by atoms with van der Waals surface area (Å²) in [4.78, 5) is 14.9. The van der Waals surface area contributed by atoms with Crippen LogP contribution in [0.25, 0.3) is 0 Å². The number of ketones is 1. The maximum Gasteiger partial charge on any atom is 0.219 e. The van der Waals surface area contributed by atoms with Crippen molar-refractivity contribution in [3.63, 3.8) is 0 Å². The van der Waals surface area contributed by atoms with Crippen molar-refractivity contribution >= 4 is 21.7 Å². The molecule has 1 aromatic rings. The minimum Gasteiger partial charge on any atom is -0.460 e. The lowest BCUT2D eigenvalue weighted by atomic mass is 9.89. The number of morpholine rings is 1. The van der Waals surface area contributed by atoms with Crippen LogP contribution in [0.5, 0.6) is 0 Å². The fourth-order valence-electron chi connectivity index (χ4n) is 2.28. The van der Waals surface area contributed by atoms with Crippen LogP contribution in [0, 0.1) is 0 Å². The highest BCUT2D eigenvalue weighted by atomic mass is 79.9. The molecule has 100 valence electrons. The molecule has 1 unspecified atom stereocenters. The van der Waals surface area contributed by atoms with Crippen LogP contribution in [0.1, 0.15) is 30.8 Å². The first kappa shape index (κ1) is 13.8. The second-order valence-electron chi connectivity index (χ2n) is 4.65. The molecule has 4 nitrogen and oxygen atoms in total. The quantitative estimate of drug-likeness (QED) is 0.801. The molecule has 18 heavy (non-hydrogen) atoms. The van der Waals surface area contributed by atoms with E-state index in [4.69, 9.17) is 9.15 Å². The topological polar surface area (TPSA) is 42.7 Å². The number of ether oxygens (including phenoxy) is 1. The van der Waals surface area contributed by atoms with Gasteiger partial charge in [0, 0.05) is 13.1 Å². The van der Waals surface area contributed by atoms with Gasteiger partial charge in [-0.05, 0) is 35.3 Å². The number of Topliss-reactive ketones (excluding diaryl/α,β-unsaturated/α-hetero) is 1. The van der Waals surface area contributed by atoms with E-state index in [-0.39, 0.29) is 5.78 Å². The maximum absolute atomic E-state index is 12.7. The Kier molecular flexibility index (Phi) is 4.25. The van der Waals surface area contributed by atoms with Gasteiger partial charge in [-0.15, -0.1) is 0 Å². The molecule has 5 heteroatoms. The fourth-order valence-corrected chi connectivity index (χ4v) is 2.67. The Morgan fingerprint density at radius 1 is 1.50 bits per heavy atom. The number of rotatable bonds is 4. The third-order valence-corrected chi connectivity index (χ3v) is 4.33. The van der Waals surface area contributed by atoms with E-state index in [0.717, 1.165) is 24.0 Å². The van der Waals surface area contributed by atoms with Gasteiger partial charge in [-0.1, -0.05) is 6.92 Å². The first-order valence-corrected chi connectivity index (χ1v) is 6.99. The summed E-state index contributed by atoms with van der Waals surface area (Å²) < 4.78 is 11.4. The highest BCUT2D eigenvalue weighted by Crippen LogP contribution is 2.29. The molecule has 0 spiro atoms. The molecule has 0 amide bonds. The second-order valence-corrected chi connectivity index (χ2v) is 5.51. The predicted octanol–water partition coefficient (Wildman–Crippen LogP) is 2.73. The average Bonchev–Trinajstić information content (AvgIpc) is 2.84. The van der Waals surface area contributed by atoms with Gasteiger partial charge in [-0.25, -0.2) is 0 Å². The van der Waals surface area contributed by atoms with Crippen molar-refractivity contribution in [1.29, 1.82) is 0 Å². The molecule has 1 atom stereocenters. The van der Waals surface area contributed by atoms with Gasteiger partial charge in [-0.3, -0.25) is 9.69 Å². The first-order valence-electron chi connectivity index (χ1n) is 6.20. The van der Waals surface area contributed by atoms with Gasteiger partial charge in [0.15, 0.2) is 5.76 Å². The normalized spacial score (nSPS) is 20.6. The largest absolute Gasteiger partial charge is 0.460 e. The van der Waals surface area contributed by atoms with Gasteiger partial charge >= 0.3 is 0 Å². The standard InChI is InChI=1S/C13H18BrNO3/c1-3-13(2,15-5-8-17-9-6-15)12(16)11-10(14)4-7-18-11/h4,7H,3,5-6,8-9H2,1-2H3. The smallest absolute Gasteiger partial charge is 0.219 e. The first-order chi connectivity index (χ1) is 8.59. The second kappa shape index (κ2) is 5.55. The van der Waals surface area contributed by atoms with Crippen molar-refractivity contribution in [2.45, 2.75) is 25.8 Å². The molecule has 0 saturated carbocycles. The SMILES string of the molecule is CCC(C)(C(=O)c1occc1Br)N1CCOCC1. The Hall–Kier alpha value is -0.650. The molecule has 1 saturated heterocycles. The summed E-state index contributed by atoms with van der Waals surface area (Å²) in [7, 11) is 0. The van der Waals surface area contributed by atoms with Crippen LogP contribution >= 0.6 is 15.9 Å². The molecule has 1 aliphatic rings. The van der Waals surface area contributed by atoms with Crippen LogP contribution in [0.3, 0.4) is 0 Å². The Balaban J connectivity index is 2.26. The van der Waals surface area contributed by atoms with E-state index < -0.39 is 5.54 Å². The maximum atomic E-state index is 12.7. The van der Waals surface area contributed by atoms with Crippen molar-refractivity contribution in [3.05, 3.63) is 22.6 Å². The monoisotopic (exact) mass is 315 g/mol.